The number of halogens is 1. The molecule has 1 heterocycles. The van der Waals surface area contributed by atoms with E-state index < -0.39 is 11.5 Å². The van der Waals surface area contributed by atoms with Crippen LogP contribution in [0.25, 0.3) is 0 Å². The second kappa shape index (κ2) is 7.29. The monoisotopic (exact) mass is 389 g/mol. The summed E-state index contributed by atoms with van der Waals surface area (Å²) >= 11 is 6.45. The molecule has 4 rings (SSSR count). The molecule has 0 aliphatic heterocycles. The fourth-order valence-corrected chi connectivity index (χ4v) is 3.75. The van der Waals surface area contributed by atoms with Crippen LogP contribution in [0, 0.1) is 0 Å². The Balaban J connectivity index is 2.15. The molecule has 1 aromatic heterocycles. The topological polar surface area (TPSA) is 68.0 Å². The Labute approximate surface area is 166 Å². The Bertz CT molecular complexity index is 1000. The number of aromatic carboxylic acids is 1. The minimum atomic E-state index is -1.23. The first-order valence-electron chi connectivity index (χ1n) is 8.67. The van der Waals surface area contributed by atoms with Crippen LogP contribution < -0.4 is 0 Å². The van der Waals surface area contributed by atoms with Gasteiger partial charge in [0.2, 0.25) is 5.28 Å². The van der Waals surface area contributed by atoms with Crippen molar-refractivity contribution in [2.24, 2.45) is 0 Å². The third-order valence-electron chi connectivity index (χ3n) is 4.65. The van der Waals surface area contributed by atoms with Crippen LogP contribution in [-0.2, 0) is 5.54 Å². The van der Waals surface area contributed by atoms with Gasteiger partial charge in [-0.1, -0.05) is 91.0 Å². The van der Waals surface area contributed by atoms with Crippen LogP contribution in [-0.4, -0.2) is 25.8 Å². The lowest BCUT2D eigenvalue weighted by molar-refractivity contribution is 0.0683. The van der Waals surface area contributed by atoms with Crippen molar-refractivity contribution in [3.63, 3.8) is 0 Å². The van der Waals surface area contributed by atoms with Crippen molar-refractivity contribution in [3.05, 3.63) is 119 Å². The third kappa shape index (κ3) is 2.86. The van der Waals surface area contributed by atoms with E-state index in [2.05, 4.69) is 10.1 Å². The largest absolute Gasteiger partial charge is 0.475 e. The number of aromatic nitrogens is 3. The van der Waals surface area contributed by atoms with Crippen molar-refractivity contribution in [1.29, 1.82) is 0 Å². The van der Waals surface area contributed by atoms with Gasteiger partial charge in [0.05, 0.1) is 0 Å². The molecule has 0 aliphatic carbocycles. The smallest absolute Gasteiger partial charge is 0.375 e. The second-order valence-electron chi connectivity index (χ2n) is 6.23. The maximum Gasteiger partial charge on any atom is 0.375 e. The molecule has 6 heteroatoms. The van der Waals surface area contributed by atoms with Gasteiger partial charge in [-0.3, -0.25) is 0 Å². The summed E-state index contributed by atoms with van der Waals surface area (Å²) in [6, 6.07) is 29.2. The van der Waals surface area contributed by atoms with E-state index in [1.807, 2.05) is 91.0 Å². The molecule has 0 spiro atoms. The summed E-state index contributed by atoms with van der Waals surface area (Å²) in [4.78, 5) is 15.5. The van der Waals surface area contributed by atoms with Crippen LogP contribution in [0.4, 0.5) is 0 Å². The van der Waals surface area contributed by atoms with Gasteiger partial charge in [-0.2, -0.15) is 4.98 Å². The van der Waals surface area contributed by atoms with E-state index in [4.69, 9.17) is 11.6 Å². The molecule has 5 nitrogen and oxygen atoms in total. The van der Waals surface area contributed by atoms with Crippen LogP contribution in [0.5, 0.6) is 0 Å². The van der Waals surface area contributed by atoms with Crippen LogP contribution in [0.2, 0.25) is 5.28 Å². The third-order valence-corrected chi connectivity index (χ3v) is 4.90. The summed E-state index contributed by atoms with van der Waals surface area (Å²) in [5.74, 6) is -1.58. The molecule has 0 saturated carbocycles. The molecule has 0 bridgehead atoms. The molecular formula is C22H16ClN3O2. The second-order valence-corrected chi connectivity index (χ2v) is 6.57. The Morgan fingerprint density at radius 3 is 1.50 bits per heavy atom. The zero-order valence-corrected chi connectivity index (χ0v) is 15.5. The fourth-order valence-electron chi connectivity index (χ4n) is 3.50. The quantitative estimate of drug-likeness (QED) is 0.511. The fraction of sp³-hybridized carbons (Fsp3) is 0.0455. The van der Waals surface area contributed by atoms with Crippen molar-refractivity contribution < 1.29 is 9.90 Å². The maximum absolute atomic E-state index is 11.5. The molecule has 0 aliphatic rings. The zero-order chi connectivity index (χ0) is 19.6. The molecule has 0 atom stereocenters. The molecule has 0 unspecified atom stereocenters. The first kappa shape index (κ1) is 17.9. The SMILES string of the molecule is O=C(O)c1nc(Cl)n(C(c2ccccc2)(c2ccccc2)c2ccccc2)n1. The minimum Gasteiger partial charge on any atom is -0.475 e. The summed E-state index contributed by atoms with van der Waals surface area (Å²) in [6.07, 6.45) is 0. The van der Waals surface area contributed by atoms with Gasteiger partial charge in [-0.25, -0.2) is 9.48 Å². The standard InChI is InChI=1S/C22H16ClN3O2/c23-21-24-19(20(27)28)25-26(21)22(16-10-4-1-5-11-16,17-12-6-2-7-13-17)18-14-8-3-9-15-18/h1-15H,(H,27,28). The van der Waals surface area contributed by atoms with E-state index >= 15 is 0 Å². The summed E-state index contributed by atoms with van der Waals surface area (Å²) in [5.41, 5.74) is 1.67. The van der Waals surface area contributed by atoms with Gasteiger partial charge in [-0.15, -0.1) is 5.10 Å². The van der Waals surface area contributed by atoms with Crippen LogP contribution in [0.15, 0.2) is 91.0 Å². The van der Waals surface area contributed by atoms with E-state index in [-0.39, 0.29) is 11.1 Å². The van der Waals surface area contributed by atoms with Gasteiger partial charge in [-0.05, 0) is 28.3 Å². The normalized spacial score (nSPS) is 11.3. The molecule has 0 amide bonds. The highest BCUT2D eigenvalue weighted by Gasteiger charge is 2.41. The van der Waals surface area contributed by atoms with E-state index in [0.29, 0.717) is 0 Å². The summed E-state index contributed by atoms with van der Waals surface area (Å²) in [7, 11) is 0. The van der Waals surface area contributed by atoms with Gasteiger partial charge in [0.1, 0.15) is 5.54 Å². The first-order chi connectivity index (χ1) is 13.6. The number of hydrogen-bond acceptors (Lipinski definition) is 3. The number of hydrogen-bond donors (Lipinski definition) is 1. The lowest BCUT2D eigenvalue weighted by Gasteiger charge is -2.36. The van der Waals surface area contributed by atoms with Gasteiger partial charge in [0, 0.05) is 0 Å². The van der Waals surface area contributed by atoms with E-state index in [9.17, 15) is 9.90 Å². The molecule has 0 fully saturated rings. The lowest BCUT2D eigenvalue weighted by atomic mass is 9.77. The molecule has 0 saturated heterocycles. The number of carbonyl (C=O) groups is 1. The number of nitrogens with zero attached hydrogens (tertiary/aromatic N) is 3. The molecular weight excluding hydrogens is 374 g/mol. The molecule has 138 valence electrons. The lowest BCUT2D eigenvalue weighted by Crippen LogP contribution is -2.39. The van der Waals surface area contributed by atoms with Gasteiger partial charge in [0.15, 0.2) is 0 Å². The molecule has 3 aromatic carbocycles. The highest BCUT2D eigenvalue weighted by molar-refractivity contribution is 6.28. The van der Waals surface area contributed by atoms with Gasteiger partial charge >= 0.3 is 5.97 Å². The number of carboxylic acids is 1. The average Bonchev–Trinajstić information content (AvgIpc) is 3.14. The Kier molecular flexibility index (Phi) is 4.67. The van der Waals surface area contributed by atoms with Gasteiger partial charge < -0.3 is 5.11 Å². The summed E-state index contributed by atoms with van der Waals surface area (Å²) < 4.78 is 1.48. The molecule has 4 aromatic rings. The van der Waals surface area contributed by atoms with Crippen molar-refractivity contribution in [1.82, 2.24) is 14.8 Å². The minimum absolute atomic E-state index is 0.00559. The maximum atomic E-state index is 11.5. The summed E-state index contributed by atoms with van der Waals surface area (Å²) in [5, 5.41) is 13.7. The molecule has 28 heavy (non-hydrogen) atoms. The first-order valence-corrected chi connectivity index (χ1v) is 9.04. The predicted octanol–water partition coefficient (Wildman–Crippen LogP) is 4.47. The highest BCUT2D eigenvalue weighted by Crippen LogP contribution is 2.41. The van der Waals surface area contributed by atoms with Crippen molar-refractivity contribution in [2.45, 2.75) is 5.54 Å². The van der Waals surface area contributed by atoms with E-state index in [1.54, 1.807) is 0 Å². The molecule has 1 N–H and O–H groups in total. The predicted molar refractivity (Wildman–Crippen MR) is 107 cm³/mol. The zero-order valence-electron chi connectivity index (χ0n) is 14.7. The number of benzene rings is 3. The number of rotatable bonds is 5. The average molecular weight is 390 g/mol. The summed E-state index contributed by atoms with van der Waals surface area (Å²) in [6.45, 7) is 0. The van der Waals surface area contributed by atoms with Crippen LogP contribution in [0.1, 0.15) is 27.3 Å². The van der Waals surface area contributed by atoms with E-state index in [1.165, 1.54) is 4.68 Å². The van der Waals surface area contributed by atoms with Crippen molar-refractivity contribution >= 4 is 17.6 Å². The van der Waals surface area contributed by atoms with Crippen LogP contribution in [0.3, 0.4) is 0 Å². The Morgan fingerprint density at radius 1 is 0.786 bits per heavy atom. The Morgan fingerprint density at radius 2 is 1.18 bits per heavy atom. The number of carboxylic acid groups (broad SMARTS) is 1. The van der Waals surface area contributed by atoms with E-state index in [0.717, 1.165) is 16.7 Å². The molecule has 0 radical (unpaired) electrons. The van der Waals surface area contributed by atoms with Crippen molar-refractivity contribution in [3.8, 4) is 0 Å². The van der Waals surface area contributed by atoms with Crippen LogP contribution >= 0.6 is 11.6 Å². The van der Waals surface area contributed by atoms with Gasteiger partial charge in [0.25, 0.3) is 5.82 Å². The highest BCUT2D eigenvalue weighted by atomic mass is 35.5. The van der Waals surface area contributed by atoms with Crippen molar-refractivity contribution in [2.75, 3.05) is 0 Å². The Hall–Kier alpha value is -3.44.